The zero-order valence-corrected chi connectivity index (χ0v) is 16.6. The minimum Gasteiger partial charge on any atom is -0.465 e. The number of nitrogens with one attached hydrogen (secondary N) is 2. The molecule has 0 aliphatic carbocycles. The quantitative estimate of drug-likeness (QED) is 0.610. The van der Waals surface area contributed by atoms with Crippen molar-refractivity contribution in [2.24, 2.45) is 0 Å². The molecule has 2 heterocycles. The monoisotopic (exact) mass is 390 g/mol. The predicted molar refractivity (Wildman–Crippen MR) is 106 cm³/mol. The van der Waals surface area contributed by atoms with E-state index in [1.807, 2.05) is 13.8 Å². The van der Waals surface area contributed by atoms with Gasteiger partial charge >= 0.3 is 0 Å². The molecule has 0 aromatic carbocycles. The molecule has 2 rings (SSSR count). The summed E-state index contributed by atoms with van der Waals surface area (Å²) >= 11 is 0. The largest absolute Gasteiger partial charge is 0.465 e. The van der Waals surface area contributed by atoms with Crippen LogP contribution in [0.1, 0.15) is 32.4 Å². The third kappa shape index (κ3) is 7.56. The number of carbonyl (C=O) groups excluding carboxylic acids is 3. The molecule has 8 nitrogen and oxygen atoms in total. The molecule has 1 aliphatic rings. The first kappa shape index (κ1) is 21.7. The number of piperazine rings is 1. The summed E-state index contributed by atoms with van der Waals surface area (Å²) in [5, 5.41) is 5.65. The molecule has 28 heavy (non-hydrogen) atoms. The number of carbonyl (C=O) groups is 3. The summed E-state index contributed by atoms with van der Waals surface area (Å²) in [6, 6.07) is 3.68. The number of hydrogen-bond donors (Lipinski definition) is 2. The third-order valence-corrected chi connectivity index (χ3v) is 4.69. The van der Waals surface area contributed by atoms with Gasteiger partial charge in [-0.05, 0) is 31.6 Å². The third-order valence-electron chi connectivity index (χ3n) is 4.69. The van der Waals surface area contributed by atoms with E-state index in [9.17, 15) is 14.4 Å². The molecule has 2 N–H and O–H groups in total. The first-order chi connectivity index (χ1) is 13.5. The van der Waals surface area contributed by atoms with Crippen molar-refractivity contribution in [2.45, 2.75) is 32.7 Å². The van der Waals surface area contributed by atoms with Crippen LogP contribution in [0.4, 0.5) is 0 Å². The fraction of sp³-hybridized carbons (Fsp3) is 0.550. The summed E-state index contributed by atoms with van der Waals surface area (Å²) in [4.78, 5) is 39.8. The molecule has 1 aliphatic heterocycles. The number of nitrogens with zero attached hydrogens (tertiary/aromatic N) is 2. The Labute approximate surface area is 165 Å². The van der Waals surface area contributed by atoms with Gasteiger partial charge in [0.05, 0.1) is 12.8 Å². The molecule has 1 aromatic heterocycles. The molecular formula is C20H30N4O4. The topological polar surface area (TPSA) is 94.9 Å². The summed E-state index contributed by atoms with van der Waals surface area (Å²) in [7, 11) is 0. The van der Waals surface area contributed by atoms with Crippen LogP contribution in [0.15, 0.2) is 28.9 Å². The Balaban J connectivity index is 1.61. The summed E-state index contributed by atoms with van der Waals surface area (Å²) in [6.45, 7) is 7.23. The zero-order chi connectivity index (χ0) is 20.4. The first-order valence-corrected chi connectivity index (χ1v) is 9.77. The van der Waals surface area contributed by atoms with E-state index in [2.05, 4.69) is 15.5 Å². The second-order valence-electron chi connectivity index (χ2n) is 6.92. The van der Waals surface area contributed by atoms with Crippen LogP contribution >= 0.6 is 0 Å². The highest BCUT2D eigenvalue weighted by Crippen LogP contribution is 2.04. The SMILES string of the molecule is CCC(C)NC(=O)CN1CCN(C(=O)CCNC(=O)C=Cc2ccco2)CC1. The summed E-state index contributed by atoms with van der Waals surface area (Å²) < 4.78 is 5.11. The van der Waals surface area contributed by atoms with Gasteiger partial charge in [-0.15, -0.1) is 0 Å². The maximum Gasteiger partial charge on any atom is 0.244 e. The highest BCUT2D eigenvalue weighted by Gasteiger charge is 2.22. The van der Waals surface area contributed by atoms with Crippen molar-refractivity contribution in [3.05, 3.63) is 30.2 Å². The average molecular weight is 390 g/mol. The van der Waals surface area contributed by atoms with E-state index < -0.39 is 0 Å². The predicted octanol–water partition coefficient (Wildman–Crippen LogP) is 0.858. The summed E-state index contributed by atoms with van der Waals surface area (Å²) in [6.07, 6.45) is 5.66. The summed E-state index contributed by atoms with van der Waals surface area (Å²) in [5.41, 5.74) is 0. The van der Waals surface area contributed by atoms with E-state index in [1.165, 1.54) is 12.3 Å². The number of hydrogen-bond acceptors (Lipinski definition) is 5. The summed E-state index contributed by atoms with van der Waals surface area (Å²) in [5.74, 6) is 0.377. The van der Waals surface area contributed by atoms with Crippen LogP contribution in [0.5, 0.6) is 0 Å². The number of amides is 3. The van der Waals surface area contributed by atoms with E-state index in [0.717, 1.165) is 6.42 Å². The Morgan fingerprint density at radius 3 is 2.64 bits per heavy atom. The van der Waals surface area contributed by atoms with Crippen molar-refractivity contribution < 1.29 is 18.8 Å². The van der Waals surface area contributed by atoms with Crippen LogP contribution in [0, 0.1) is 0 Å². The number of rotatable bonds is 9. The fourth-order valence-corrected chi connectivity index (χ4v) is 2.83. The van der Waals surface area contributed by atoms with Gasteiger partial charge < -0.3 is 20.0 Å². The van der Waals surface area contributed by atoms with Crippen molar-refractivity contribution in [1.29, 1.82) is 0 Å². The van der Waals surface area contributed by atoms with Gasteiger partial charge in [0.2, 0.25) is 17.7 Å². The Bertz CT molecular complexity index is 664. The molecule has 0 saturated carbocycles. The minimum atomic E-state index is -0.263. The van der Waals surface area contributed by atoms with Crippen molar-refractivity contribution in [3.63, 3.8) is 0 Å². The lowest BCUT2D eigenvalue weighted by Gasteiger charge is -2.34. The van der Waals surface area contributed by atoms with E-state index in [-0.39, 0.29) is 36.7 Å². The molecule has 1 atom stereocenters. The lowest BCUT2D eigenvalue weighted by molar-refractivity contribution is -0.133. The maximum atomic E-state index is 12.3. The molecule has 1 unspecified atom stereocenters. The van der Waals surface area contributed by atoms with E-state index in [1.54, 1.807) is 23.1 Å². The van der Waals surface area contributed by atoms with Gasteiger partial charge in [0.25, 0.3) is 0 Å². The molecule has 1 saturated heterocycles. The fourth-order valence-electron chi connectivity index (χ4n) is 2.83. The van der Waals surface area contributed by atoms with Crippen molar-refractivity contribution in [1.82, 2.24) is 20.4 Å². The minimum absolute atomic E-state index is 0.0130. The van der Waals surface area contributed by atoms with Gasteiger partial charge in [-0.3, -0.25) is 19.3 Å². The molecule has 3 amide bonds. The molecule has 0 radical (unpaired) electrons. The van der Waals surface area contributed by atoms with Crippen molar-refractivity contribution in [2.75, 3.05) is 39.3 Å². The van der Waals surface area contributed by atoms with E-state index in [4.69, 9.17) is 4.42 Å². The Kier molecular flexibility index (Phi) is 8.74. The van der Waals surface area contributed by atoms with Crippen LogP contribution in [0.3, 0.4) is 0 Å². The van der Waals surface area contributed by atoms with Gasteiger partial charge in [-0.25, -0.2) is 0 Å². The van der Waals surface area contributed by atoms with Gasteiger partial charge in [0, 0.05) is 51.3 Å². The smallest absolute Gasteiger partial charge is 0.244 e. The molecule has 1 fully saturated rings. The number of furan rings is 1. The lowest BCUT2D eigenvalue weighted by Crippen LogP contribution is -2.52. The highest BCUT2D eigenvalue weighted by molar-refractivity contribution is 5.91. The first-order valence-electron chi connectivity index (χ1n) is 9.77. The molecule has 154 valence electrons. The Morgan fingerprint density at radius 2 is 2.00 bits per heavy atom. The van der Waals surface area contributed by atoms with Crippen LogP contribution in [-0.4, -0.2) is 72.8 Å². The lowest BCUT2D eigenvalue weighted by atomic mass is 10.2. The average Bonchev–Trinajstić information content (AvgIpc) is 3.20. The normalized spacial score (nSPS) is 16.1. The van der Waals surface area contributed by atoms with E-state index >= 15 is 0 Å². The van der Waals surface area contributed by atoms with Gasteiger partial charge in [0.15, 0.2) is 0 Å². The second-order valence-corrected chi connectivity index (χ2v) is 6.92. The zero-order valence-electron chi connectivity index (χ0n) is 16.6. The molecule has 0 spiro atoms. The molecule has 0 bridgehead atoms. The Morgan fingerprint density at radius 1 is 1.25 bits per heavy atom. The van der Waals surface area contributed by atoms with Gasteiger partial charge in [-0.1, -0.05) is 6.92 Å². The maximum absolute atomic E-state index is 12.3. The van der Waals surface area contributed by atoms with Crippen LogP contribution in [0.25, 0.3) is 6.08 Å². The van der Waals surface area contributed by atoms with Crippen LogP contribution < -0.4 is 10.6 Å². The van der Waals surface area contributed by atoms with Crippen molar-refractivity contribution in [3.8, 4) is 0 Å². The Hall–Kier alpha value is -2.61. The van der Waals surface area contributed by atoms with Crippen LogP contribution in [-0.2, 0) is 14.4 Å². The van der Waals surface area contributed by atoms with Gasteiger partial charge in [0.1, 0.15) is 5.76 Å². The van der Waals surface area contributed by atoms with E-state index in [0.29, 0.717) is 38.5 Å². The molecule has 1 aromatic rings. The van der Waals surface area contributed by atoms with Gasteiger partial charge in [-0.2, -0.15) is 0 Å². The molecule has 8 heteroatoms. The standard InChI is InChI=1S/C20H30N4O4/c1-3-16(2)22-19(26)15-23-10-12-24(13-11-23)20(27)8-9-21-18(25)7-6-17-5-4-14-28-17/h4-7,14,16H,3,8-13,15H2,1-2H3,(H,21,25)(H,22,26). The van der Waals surface area contributed by atoms with Crippen molar-refractivity contribution >= 4 is 23.8 Å². The highest BCUT2D eigenvalue weighted by atomic mass is 16.3. The second kappa shape index (κ2) is 11.3. The van der Waals surface area contributed by atoms with Crippen LogP contribution in [0.2, 0.25) is 0 Å². The molecular weight excluding hydrogens is 360 g/mol.